The molecular formula is C26H24ClNO5. The van der Waals surface area contributed by atoms with Gasteiger partial charge in [0.25, 0.3) is 0 Å². The molecule has 0 aromatic heterocycles. The first-order chi connectivity index (χ1) is 15.9. The van der Waals surface area contributed by atoms with E-state index in [1.165, 1.54) is 14.2 Å². The van der Waals surface area contributed by atoms with Gasteiger partial charge in [0.2, 0.25) is 0 Å². The van der Waals surface area contributed by atoms with Crippen molar-refractivity contribution in [3.8, 4) is 0 Å². The Bertz CT molecular complexity index is 1180. The zero-order valence-electron chi connectivity index (χ0n) is 18.7. The van der Waals surface area contributed by atoms with Crippen LogP contribution in [0.5, 0.6) is 0 Å². The first-order valence-electron chi connectivity index (χ1n) is 10.7. The fourth-order valence-corrected chi connectivity index (χ4v) is 4.64. The number of methoxy groups -OCH3 is 2. The van der Waals surface area contributed by atoms with E-state index in [1.807, 2.05) is 48.2 Å². The van der Waals surface area contributed by atoms with Crippen molar-refractivity contribution in [1.29, 1.82) is 0 Å². The van der Waals surface area contributed by atoms with Crippen LogP contribution in [0.25, 0.3) is 0 Å². The predicted molar refractivity (Wildman–Crippen MR) is 125 cm³/mol. The second-order valence-electron chi connectivity index (χ2n) is 8.03. The van der Waals surface area contributed by atoms with Crippen LogP contribution in [0, 0.1) is 6.92 Å². The van der Waals surface area contributed by atoms with Gasteiger partial charge in [0.05, 0.1) is 37.0 Å². The SMILES string of the molecule is COC(=O)C1=C(C(=O)OC)C(c2ccc(Cl)cc2)N(c2ccc(C)cc2)C2=C1C(=O)CCC2. The highest BCUT2D eigenvalue weighted by atomic mass is 35.5. The van der Waals surface area contributed by atoms with Gasteiger partial charge in [-0.15, -0.1) is 0 Å². The summed E-state index contributed by atoms with van der Waals surface area (Å²) in [5.41, 5.74) is 3.59. The van der Waals surface area contributed by atoms with E-state index >= 15 is 0 Å². The van der Waals surface area contributed by atoms with Crippen LogP contribution < -0.4 is 4.90 Å². The first kappa shape index (κ1) is 22.8. The van der Waals surface area contributed by atoms with Gasteiger partial charge in [0.1, 0.15) is 0 Å². The number of ether oxygens (including phenoxy) is 2. The quantitative estimate of drug-likeness (QED) is 0.600. The number of Topliss-reactive ketones (excluding diaryl/α,β-unsaturated/α-hetero) is 1. The van der Waals surface area contributed by atoms with Crippen LogP contribution in [0.2, 0.25) is 5.02 Å². The molecule has 6 nitrogen and oxygen atoms in total. The number of rotatable bonds is 4. The summed E-state index contributed by atoms with van der Waals surface area (Å²) in [6.45, 7) is 1.99. The van der Waals surface area contributed by atoms with E-state index in [2.05, 4.69) is 0 Å². The summed E-state index contributed by atoms with van der Waals surface area (Å²) in [5, 5.41) is 0.543. The lowest BCUT2D eigenvalue weighted by molar-refractivity contribution is -0.139. The summed E-state index contributed by atoms with van der Waals surface area (Å²) in [6, 6.07) is 14.2. The van der Waals surface area contributed by atoms with Crippen LogP contribution in [0.4, 0.5) is 5.69 Å². The molecule has 1 aliphatic heterocycles. The molecule has 0 saturated carbocycles. The Kier molecular flexibility index (Phi) is 6.38. The largest absolute Gasteiger partial charge is 0.466 e. The van der Waals surface area contributed by atoms with E-state index in [9.17, 15) is 14.4 Å². The monoisotopic (exact) mass is 465 g/mol. The maximum absolute atomic E-state index is 13.2. The van der Waals surface area contributed by atoms with Crippen LogP contribution in [0.1, 0.15) is 36.4 Å². The molecule has 0 fully saturated rings. The van der Waals surface area contributed by atoms with Crippen molar-refractivity contribution in [1.82, 2.24) is 0 Å². The van der Waals surface area contributed by atoms with Gasteiger partial charge in [-0.3, -0.25) is 4.79 Å². The smallest absolute Gasteiger partial charge is 0.339 e. The molecule has 4 rings (SSSR count). The van der Waals surface area contributed by atoms with Gasteiger partial charge in [0, 0.05) is 22.8 Å². The molecule has 2 aliphatic rings. The molecule has 1 atom stereocenters. The average molecular weight is 466 g/mol. The molecule has 1 aliphatic carbocycles. The zero-order chi connectivity index (χ0) is 23.7. The molecule has 1 heterocycles. The highest BCUT2D eigenvalue weighted by Gasteiger charge is 2.45. The summed E-state index contributed by atoms with van der Waals surface area (Å²) in [6.07, 6.45) is 1.52. The number of hydrogen-bond acceptors (Lipinski definition) is 6. The fourth-order valence-electron chi connectivity index (χ4n) is 4.52. The standard InChI is InChI=1S/C26H24ClNO5/c1-15-7-13-18(14-8-15)28-19-5-4-6-20(29)21(19)22(25(30)32-2)23(26(31)33-3)24(28)16-9-11-17(27)12-10-16/h7-14,24H,4-6H2,1-3H3. The van der Waals surface area contributed by atoms with Crippen LogP contribution in [0.3, 0.4) is 0 Å². The highest BCUT2D eigenvalue weighted by Crippen LogP contribution is 2.48. The lowest BCUT2D eigenvalue weighted by atomic mass is 9.78. The van der Waals surface area contributed by atoms with Gasteiger partial charge in [-0.2, -0.15) is 0 Å². The molecule has 7 heteroatoms. The minimum absolute atomic E-state index is 0.0210. The first-order valence-corrected chi connectivity index (χ1v) is 11.0. The van der Waals surface area contributed by atoms with E-state index in [0.717, 1.165) is 16.8 Å². The van der Waals surface area contributed by atoms with E-state index in [0.29, 0.717) is 30.0 Å². The molecule has 0 amide bonds. The molecule has 33 heavy (non-hydrogen) atoms. The Morgan fingerprint density at radius 1 is 0.939 bits per heavy atom. The van der Waals surface area contributed by atoms with Crippen LogP contribution >= 0.6 is 11.6 Å². The number of ketones is 1. The second-order valence-corrected chi connectivity index (χ2v) is 8.47. The zero-order valence-corrected chi connectivity index (χ0v) is 19.4. The number of carbonyl (C=O) groups is 3. The molecular weight excluding hydrogens is 442 g/mol. The van der Waals surface area contributed by atoms with Crippen molar-refractivity contribution >= 4 is 35.0 Å². The van der Waals surface area contributed by atoms with Crippen molar-refractivity contribution in [3.63, 3.8) is 0 Å². The van der Waals surface area contributed by atoms with E-state index in [-0.39, 0.29) is 22.5 Å². The minimum Gasteiger partial charge on any atom is -0.466 e. The number of benzene rings is 2. The summed E-state index contributed by atoms with van der Waals surface area (Å²) >= 11 is 6.13. The van der Waals surface area contributed by atoms with Gasteiger partial charge in [0.15, 0.2) is 5.78 Å². The van der Waals surface area contributed by atoms with Crippen LogP contribution in [0.15, 0.2) is 70.9 Å². The molecule has 2 aromatic rings. The predicted octanol–water partition coefficient (Wildman–Crippen LogP) is 4.86. The molecule has 0 bridgehead atoms. The highest BCUT2D eigenvalue weighted by molar-refractivity contribution is 6.30. The Morgan fingerprint density at radius 3 is 2.18 bits per heavy atom. The average Bonchev–Trinajstić information content (AvgIpc) is 2.83. The lowest BCUT2D eigenvalue weighted by Crippen LogP contribution is -2.41. The fraction of sp³-hybridized carbons (Fsp3) is 0.269. The van der Waals surface area contributed by atoms with Gasteiger partial charge in [-0.1, -0.05) is 41.4 Å². The van der Waals surface area contributed by atoms with Crippen molar-refractivity contribution in [2.75, 3.05) is 19.1 Å². The number of hydrogen-bond donors (Lipinski definition) is 0. The minimum atomic E-state index is -0.735. The van der Waals surface area contributed by atoms with Crippen LogP contribution in [-0.2, 0) is 23.9 Å². The normalized spacial score (nSPS) is 18.2. The van der Waals surface area contributed by atoms with Crippen molar-refractivity contribution in [2.45, 2.75) is 32.2 Å². The summed E-state index contributed by atoms with van der Waals surface area (Å²) in [4.78, 5) is 41.3. The van der Waals surface area contributed by atoms with Crippen molar-refractivity contribution in [3.05, 3.63) is 87.1 Å². The molecule has 1 unspecified atom stereocenters. The number of aryl methyl sites for hydroxylation is 1. The molecule has 0 radical (unpaired) electrons. The summed E-state index contributed by atoms with van der Waals surface area (Å²) < 4.78 is 10.2. The van der Waals surface area contributed by atoms with E-state index in [1.54, 1.807) is 12.1 Å². The molecule has 0 saturated heterocycles. The van der Waals surface area contributed by atoms with E-state index < -0.39 is 18.0 Å². The van der Waals surface area contributed by atoms with Gasteiger partial charge in [-0.05, 0) is 49.6 Å². The van der Waals surface area contributed by atoms with Crippen LogP contribution in [-0.4, -0.2) is 31.9 Å². The number of anilines is 1. The Labute approximate surface area is 197 Å². The third kappa shape index (κ3) is 4.07. The molecule has 170 valence electrons. The maximum Gasteiger partial charge on any atom is 0.339 e. The number of esters is 2. The summed E-state index contributed by atoms with van der Waals surface area (Å²) in [7, 11) is 2.49. The Morgan fingerprint density at radius 2 is 1.58 bits per heavy atom. The number of allylic oxidation sites excluding steroid dienone is 1. The Hall–Kier alpha value is -3.38. The number of halogens is 1. The van der Waals surface area contributed by atoms with Gasteiger partial charge >= 0.3 is 11.9 Å². The number of nitrogens with zero attached hydrogens (tertiary/aromatic N) is 1. The summed E-state index contributed by atoms with van der Waals surface area (Å²) in [5.74, 6) is -1.62. The second kappa shape index (κ2) is 9.24. The van der Waals surface area contributed by atoms with Crippen molar-refractivity contribution < 1.29 is 23.9 Å². The van der Waals surface area contributed by atoms with Gasteiger partial charge < -0.3 is 14.4 Å². The Balaban J connectivity index is 2.09. The van der Waals surface area contributed by atoms with E-state index in [4.69, 9.17) is 21.1 Å². The lowest BCUT2D eigenvalue weighted by Gasteiger charge is -2.43. The maximum atomic E-state index is 13.2. The molecule has 0 N–H and O–H groups in total. The number of carbonyl (C=O) groups excluding carboxylic acids is 3. The van der Waals surface area contributed by atoms with Crippen molar-refractivity contribution in [2.24, 2.45) is 0 Å². The molecule has 0 spiro atoms. The third-order valence-corrected chi connectivity index (χ3v) is 6.27. The third-order valence-electron chi connectivity index (χ3n) is 6.02. The van der Waals surface area contributed by atoms with Gasteiger partial charge in [-0.25, -0.2) is 9.59 Å². The topological polar surface area (TPSA) is 72.9 Å². The molecule has 2 aromatic carbocycles.